The van der Waals surface area contributed by atoms with Gasteiger partial charge >= 0.3 is 0 Å². The molecular weight excluding hydrogens is 438 g/mol. The number of aryl methyl sites for hydroxylation is 2. The molecule has 1 aromatic heterocycles. The molecule has 1 amide bonds. The number of nitrogens with zero attached hydrogens (tertiary/aromatic N) is 5. The molecule has 0 saturated carbocycles. The summed E-state index contributed by atoms with van der Waals surface area (Å²) in [5.41, 5.74) is 3.67. The van der Waals surface area contributed by atoms with Gasteiger partial charge in [-0.3, -0.25) is 9.48 Å². The number of amides is 1. The van der Waals surface area contributed by atoms with Gasteiger partial charge in [0.25, 0.3) is 5.91 Å². The van der Waals surface area contributed by atoms with Gasteiger partial charge in [-0.1, -0.05) is 24.3 Å². The quantitative estimate of drug-likeness (QED) is 0.579. The van der Waals surface area contributed by atoms with Crippen LogP contribution < -0.4 is 0 Å². The molecule has 2 heterocycles. The lowest BCUT2D eigenvalue weighted by Crippen LogP contribution is -2.50. The van der Waals surface area contributed by atoms with Gasteiger partial charge in [0.2, 0.25) is 10.0 Å². The molecule has 0 bridgehead atoms. The minimum atomic E-state index is -3.80. The summed E-state index contributed by atoms with van der Waals surface area (Å²) >= 11 is 0. The summed E-state index contributed by atoms with van der Waals surface area (Å²) in [4.78, 5) is 14.8. The minimum absolute atomic E-state index is 0.00382. The van der Waals surface area contributed by atoms with E-state index in [1.807, 2.05) is 48.9 Å². The molecule has 0 radical (unpaired) electrons. The molecular formula is C24H25N5O3S. The Morgan fingerprint density at radius 1 is 1.03 bits per heavy atom. The number of hydrogen-bond acceptors (Lipinski definition) is 5. The summed E-state index contributed by atoms with van der Waals surface area (Å²) in [6.07, 6.45) is 0. The maximum Gasteiger partial charge on any atom is 0.253 e. The van der Waals surface area contributed by atoms with Crippen LogP contribution in [0.1, 0.15) is 32.9 Å². The van der Waals surface area contributed by atoms with Crippen LogP contribution in [0.15, 0.2) is 59.5 Å². The summed E-state index contributed by atoms with van der Waals surface area (Å²) in [5, 5.41) is 13.7. The van der Waals surface area contributed by atoms with Crippen molar-refractivity contribution < 1.29 is 13.2 Å². The number of piperazine rings is 1. The molecule has 8 nitrogen and oxygen atoms in total. The Labute approximate surface area is 193 Å². The van der Waals surface area contributed by atoms with E-state index in [-0.39, 0.29) is 42.5 Å². The molecule has 1 aliphatic rings. The van der Waals surface area contributed by atoms with Crippen molar-refractivity contribution in [2.75, 3.05) is 26.2 Å². The highest BCUT2D eigenvalue weighted by molar-refractivity contribution is 7.89. The van der Waals surface area contributed by atoms with Crippen molar-refractivity contribution in [1.29, 1.82) is 5.26 Å². The third-order valence-electron chi connectivity index (χ3n) is 5.76. The van der Waals surface area contributed by atoms with Crippen molar-refractivity contribution in [3.8, 4) is 6.07 Å². The number of nitriles is 1. The van der Waals surface area contributed by atoms with Gasteiger partial charge in [0.15, 0.2) is 0 Å². The van der Waals surface area contributed by atoms with Gasteiger partial charge in [-0.2, -0.15) is 14.7 Å². The van der Waals surface area contributed by atoms with Crippen LogP contribution in [0.5, 0.6) is 0 Å². The topological polar surface area (TPSA) is 99.3 Å². The van der Waals surface area contributed by atoms with Crippen LogP contribution in [0.3, 0.4) is 0 Å². The number of carbonyl (C=O) groups excluding carboxylic acids is 1. The fourth-order valence-electron chi connectivity index (χ4n) is 4.05. The van der Waals surface area contributed by atoms with Crippen molar-refractivity contribution in [2.45, 2.75) is 25.3 Å². The molecule has 1 saturated heterocycles. The lowest BCUT2D eigenvalue weighted by atomic mass is 10.1. The first-order chi connectivity index (χ1) is 15.8. The lowest BCUT2D eigenvalue weighted by Gasteiger charge is -2.34. The molecule has 0 atom stereocenters. The molecule has 0 aliphatic carbocycles. The Morgan fingerprint density at radius 2 is 1.76 bits per heavy atom. The lowest BCUT2D eigenvalue weighted by molar-refractivity contribution is 0.0697. The molecule has 1 aliphatic heterocycles. The second-order valence-corrected chi connectivity index (χ2v) is 10.00. The predicted octanol–water partition coefficient (Wildman–Crippen LogP) is 2.57. The predicted molar refractivity (Wildman–Crippen MR) is 123 cm³/mol. The van der Waals surface area contributed by atoms with Gasteiger partial charge in [0.1, 0.15) is 6.07 Å². The summed E-state index contributed by atoms with van der Waals surface area (Å²) < 4.78 is 29.3. The largest absolute Gasteiger partial charge is 0.336 e. The Balaban J connectivity index is 1.45. The molecule has 170 valence electrons. The molecule has 2 aromatic carbocycles. The van der Waals surface area contributed by atoms with E-state index < -0.39 is 10.0 Å². The van der Waals surface area contributed by atoms with Crippen LogP contribution in [-0.4, -0.2) is 59.5 Å². The average Bonchev–Trinajstić information content (AvgIpc) is 3.15. The molecule has 3 aromatic rings. The van der Waals surface area contributed by atoms with Crippen molar-refractivity contribution in [3.05, 3.63) is 82.7 Å². The maximum atomic E-state index is 13.1. The second-order valence-electron chi connectivity index (χ2n) is 8.09. The fraction of sp³-hybridized carbons (Fsp3) is 0.292. The third kappa shape index (κ3) is 4.67. The fourth-order valence-corrected chi connectivity index (χ4v) is 5.61. The van der Waals surface area contributed by atoms with Crippen molar-refractivity contribution >= 4 is 15.9 Å². The first-order valence-corrected chi connectivity index (χ1v) is 12.1. The first kappa shape index (κ1) is 22.7. The van der Waals surface area contributed by atoms with E-state index in [0.29, 0.717) is 12.1 Å². The van der Waals surface area contributed by atoms with Crippen LogP contribution in [-0.2, 0) is 16.6 Å². The molecule has 0 spiro atoms. The monoisotopic (exact) mass is 463 g/mol. The Kier molecular flexibility index (Phi) is 6.31. The average molecular weight is 464 g/mol. The first-order valence-electron chi connectivity index (χ1n) is 10.7. The number of rotatable bonds is 5. The van der Waals surface area contributed by atoms with Gasteiger partial charge in [-0.15, -0.1) is 0 Å². The van der Waals surface area contributed by atoms with Gasteiger partial charge in [-0.05, 0) is 49.7 Å². The van der Waals surface area contributed by atoms with Crippen LogP contribution >= 0.6 is 0 Å². The zero-order valence-electron chi connectivity index (χ0n) is 18.6. The van der Waals surface area contributed by atoms with E-state index in [0.717, 1.165) is 17.0 Å². The number of aromatic nitrogens is 2. The van der Waals surface area contributed by atoms with Crippen molar-refractivity contribution in [3.63, 3.8) is 0 Å². The highest BCUT2D eigenvalue weighted by Gasteiger charge is 2.31. The maximum absolute atomic E-state index is 13.1. The number of carbonyl (C=O) groups is 1. The standard InChI is InChI=1S/C24H25N5O3S/c1-18-14-19(2)29(26-18)17-20-6-5-8-21(15-20)24(30)27-10-12-28(13-11-27)33(31,32)23-9-4-3-7-22(23)16-25/h3-9,14-15H,10-13,17H2,1-2H3. The second kappa shape index (κ2) is 9.17. The van der Waals surface area contributed by atoms with Crippen LogP contribution in [0.2, 0.25) is 0 Å². The van der Waals surface area contributed by atoms with E-state index in [4.69, 9.17) is 0 Å². The van der Waals surface area contributed by atoms with Crippen molar-refractivity contribution in [1.82, 2.24) is 19.0 Å². The van der Waals surface area contributed by atoms with Gasteiger partial charge < -0.3 is 4.90 Å². The summed E-state index contributed by atoms with van der Waals surface area (Å²) in [7, 11) is -3.80. The van der Waals surface area contributed by atoms with E-state index in [1.54, 1.807) is 23.1 Å². The SMILES string of the molecule is Cc1cc(C)n(Cc2cccc(C(=O)N3CCN(S(=O)(=O)c4ccccc4C#N)CC3)c2)n1. The minimum Gasteiger partial charge on any atom is -0.336 e. The van der Waals surface area contributed by atoms with Crippen LogP contribution in [0.25, 0.3) is 0 Å². The molecule has 33 heavy (non-hydrogen) atoms. The van der Waals surface area contributed by atoms with Crippen molar-refractivity contribution in [2.24, 2.45) is 0 Å². The van der Waals surface area contributed by atoms with Crippen LogP contribution in [0, 0.1) is 25.2 Å². The number of sulfonamides is 1. The molecule has 0 N–H and O–H groups in total. The van der Waals surface area contributed by atoms with Crippen LogP contribution in [0.4, 0.5) is 0 Å². The number of hydrogen-bond donors (Lipinski definition) is 0. The molecule has 0 unspecified atom stereocenters. The zero-order valence-corrected chi connectivity index (χ0v) is 19.4. The zero-order chi connectivity index (χ0) is 23.6. The van der Waals surface area contributed by atoms with E-state index >= 15 is 0 Å². The molecule has 9 heteroatoms. The van der Waals surface area contributed by atoms with E-state index in [9.17, 15) is 18.5 Å². The molecule has 4 rings (SSSR count). The smallest absolute Gasteiger partial charge is 0.253 e. The highest BCUT2D eigenvalue weighted by atomic mass is 32.2. The van der Waals surface area contributed by atoms with E-state index in [1.165, 1.54) is 16.4 Å². The summed E-state index contributed by atoms with van der Waals surface area (Å²) in [6, 6.07) is 17.6. The third-order valence-corrected chi connectivity index (χ3v) is 7.72. The summed E-state index contributed by atoms with van der Waals surface area (Å²) in [6.45, 7) is 5.45. The Morgan fingerprint density at radius 3 is 2.42 bits per heavy atom. The Hall–Kier alpha value is -3.48. The number of benzene rings is 2. The molecule has 1 fully saturated rings. The highest BCUT2D eigenvalue weighted by Crippen LogP contribution is 2.22. The normalized spacial score (nSPS) is 14.8. The van der Waals surface area contributed by atoms with E-state index in [2.05, 4.69) is 5.10 Å². The van der Waals surface area contributed by atoms with Gasteiger partial charge in [0, 0.05) is 37.4 Å². The van der Waals surface area contributed by atoms with Gasteiger partial charge in [-0.25, -0.2) is 8.42 Å². The summed E-state index contributed by atoms with van der Waals surface area (Å²) in [5.74, 6) is -0.125. The van der Waals surface area contributed by atoms with Gasteiger partial charge in [0.05, 0.1) is 22.7 Å². The Bertz CT molecular complexity index is 1330.